The van der Waals surface area contributed by atoms with E-state index in [0.717, 1.165) is 77.0 Å². The van der Waals surface area contributed by atoms with Gasteiger partial charge in [0.15, 0.2) is 0 Å². The number of carbonyl (C=O) groups is 2. The van der Waals surface area contributed by atoms with Crippen LogP contribution < -0.4 is 5.32 Å². The van der Waals surface area contributed by atoms with Gasteiger partial charge in [0.25, 0.3) is 0 Å². The lowest BCUT2D eigenvalue weighted by Crippen LogP contribution is -2.45. The molecule has 1 amide bonds. The van der Waals surface area contributed by atoms with E-state index >= 15 is 0 Å². The Hall–Kier alpha value is -1.92. The molecule has 0 aliphatic carbocycles. The smallest absolute Gasteiger partial charge is 0.305 e. The van der Waals surface area contributed by atoms with Crippen LogP contribution in [0.25, 0.3) is 0 Å². The first-order chi connectivity index (χ1) is 29.5. The molecule has 0 aromatic rings. The van der Waals surface area contributed by atoms with Crippen molar-refractivity contribution < 1.29 is 24.5 Å². The molecule has 60 heavy (non-hydrogen) atoms. The first kappa shape index (κ1) is 58.1. The van der Waals surface area contributed by atoms with Gasteiger partial charge in [0.1, 0.15) is 0 Å². The van der Waals surface area contributed by atoms with Crippen molar-refractivity contribution in [3.8, 4) is 0 Å². The first-order valence-electron chi connectivity index (χ1n) is 26.3. The molecule has 6 nitrogen and oxygen atoms in total. The highest BCUT2D eigenvalue weighted by atomic mass is 16.5. The van der Waals surface area contributed by atoms with Crippen LogP contribution in [-0.2, 0) is 14.3 Å². The predicted molar refractivity (Wildman–Crippen MR) is 259 cm³/mol. The molecule has 0 aromatic heterocycles. The minimum atomic E-state index is -0.858. The monoisotopic (exact) mass is 844 g/mol. The van der Waals surface area contributed by atoms with E-state index in [9.17, 15) is 19.8 Å². The highest BCUT2D eigenvalue weighted by molar-refractivity contribution is 5.76. The van der Waals surface area contributed by atoms with E-state index in [1.165, 1.54) is 167 Å². The molecule has 0 heterocycles. The first-order valence-corrected chi connectivity index (χ1v) is 26.3. The summed E-state index contributed by atoms with van der Waals surface area (Å²) < 4.78 is 5.43. The summed E-state index contributed by atoms with van der Waals surface area (Å²) in [5.74, 6) is -0.113. The van der Waals surface area contributed by atoms with E-state index in [1.54, 1.807) is 6.08 Å². The Bertz CT molecular complexity index is 977. The zero-order valence-electron chi connectivity index (χ0n) is 39.9. The lowest BCUT2D eigenvalue weighted by atomic mass is 10.0. The third kappa shape index (κ3) is 45.6. The number of esters is 1. The fourth-order valence-corrected chi connectivity index (χ4v) is 7.86. The molecule has 0 rings (SSSR count). The second-order valence-corrected chi connectivity index (χ2v) is 17.9. The summed E-state index contributed by atoms with van der Waals surface area (Å²) >= 11 is 0. The molecule has 2 atom stereocenters. The van der Waals surface area contributed by atoms with E-state index in [1.807, 2.05) is 6.08 Å². The zero-order chi connectivity index (χ0) is 43.7. The van der Waals surface area contributed by atoms with Gasteiger partial charge in [-0.2, -0.15) is 0 Å². The molecule has 0 fully saturated rings. The van der Waals surface area contributed by atoms with Gasteiger partial charge in [-0.25, -0.2) is 0 Å². The van der Waals surface area contributed by atoms with Crippen LogP contribution in [0.5, 0.6) is 0 Å². The van der Waals surface area contributed by atoms with E-state index in [4.69, 9.17) is 4.74 Å². The third-order valence-corrected chi connectivity index (χ3v) is 11.9. The average molecular weight is 844 g/mol. The summed E-state index contributed by atoms with van der Waals surface area (Å²) in [5.41, 5.74) is 0. The van der Waals surface area contributed by atoms with Crippen LogP contribution in [0.2, 0.25) is 0 Å². The minimum Gasteiger partial charge on any atom is -0.466 e. The number of hydrogen-bond acceptors (Lipinski definition) is 5. The lowest BCUT2D eigenvalue weighted by Gasteiger charge is -2.20. The van der Waals surface area contributed by atoms with Crippen LogP contribution in [-0.4, -0.2) is 47.4 Å². The molecular formula is C54H101NO5. The zero-order valence-corrected chi connectivity index (χ0v) is 39.9. The Balaban J connectivity index is 3.57. The van der Waals surface area contributed by atoms with Crippen LogP contribution in [0.1, 0.15) is 271 Å². The van der Waals surface area contributed by atoms with E-state index < -0.39 is 12.1 Å². The normalized spacial score (nSPS) is 12.9. The van der Waals surface area contributed by atoms with E-state index in [0.29, 0.717) is 19.4 Å². The Morgan fingerprint density at radius 3 is 1.23 bits per heavy atom. The standard InChI is InChI=1S/C54H101NO5/c1-3-5-7-9-11-13-15-17-18-20-23-26-30-34-38-42-46-52(57)51(50-56)55-53(58)47-43-39-35-31-27-24-21-19-22-25-29-33-37-41-45-49-60-54(59)48-44-40-36-32-28-16-14-12-10-8-6-4-2/h19,22,25,29,42,46,51-52,56-57H,3-18,20-21,23-24,26-28,30-41,43-45,47-50H2,1-2H3,(H,55,58)/b22-19-,29-25-,46-42+. The Morgan fingerprint density at radius 2 is 0.817 bits per heavy atom. The molecule has 6 heteroatoms. The highest BCUT2D eigenvalue weighted by Gasteiger charge is 2.18. The summed E-state index contributed by atoms with van der Waals surface area (Å²) in [6, 6.07) is -0.644. The molecule has 0 radical (unpaired) electrons. The van der Waals surface area contributed by atoms with Crippen molar-refractivity contribution >= 4 is 11.9 Å². The number of aliphatic hydroxyl groups is 2. The quantitative estimate of drug-likeness (QED) is 0.0245. The van der Waals surface area contributed by atoms with E-state index in [-0.39, 0.29) is 18.5 Å². The van der Waals surface area contributed by atoms with Gasteiger partial charge in [-0.3, -0.25) is 9.59 Å². The van der Waals surface area contributed by atoms with Crippen molar-refractivity contribution in [3.63, 3.8) is 0 Å². The van der Waals surface area contributed by atoms with Gasteiger partial charge in [-0.15, -0.1) is 0 Å². The second kappa shape index (κ2) is 49.7. The van der Waals surface area contributed by atoms with Gasteiger partial charge in [-0.05, 0) is 64.2 Å². The average Bonchev–Trinajstić information content (AvgIpc) is 3.25. The Kier molecular flexibility index (Phi) is 48.1. The highest BCUT2D eigenvalue weighted by Crippen LogP contribution is 2.15. The number of rotatable bonds is 48. The molecule has 0 aliphatic rings. The van der Waals surface area contributed by atoms with Crippen LogP contribution in [0, 0.1) is 0 Å². The summed E-state index contributed by atoms with van der Waals surface area (Å²) in [6.45, 7) is 4.84. The van der Waals surface area contributed by atoms with Gasteiger partial charge >= 0.3 is 5.97 Å². The largest absolute Gasteiger partial charge is 0.466 e. The molecule has 0 saturated carbocycles. The molecule has 2 unspecified atom stereocenters. The number of hydrogen-bond donors (Lipinski definition) is 3. The van der Waals surface area contributed by atoms with Gasteiger partial charge in [0, 0.05) is 12.8 Å². The second-order valence-electron chi connectivity index (χ2n) is 17.9. The molecule has 0 bridgehead atoms. The molecule has 0 aliphatic heterocycles. The van der Waals surface area contributed by atoms with Crippen molar-refractivity contribution in [1.29, 1.82) is 0 Å². The summed E-state index contributed by atoms with van der Waals surface area (Å²) in [7, 11) is 0. The van der Waals surface area contributed by atoms with Crippen LogP contribution in [0.15, 0.2) is 36.5 Å². The number of carbonyl (C=O) groups excluding carboxylic acids is 2. The van der Waals surface area contributed by atoms with Crippen LogP contribution in [0.4, 0.5) is 0 Å². The number of allylic oxidation sites excluding steroid dienone is 5. The van der Waals surface area contributed by atoms with Gasteiger partial charge < -0.3 is 20.3 Å². The van der Waals surface area contributed by atoms with Crippen LogP contribution in [0.3, 0.4) is 0 Å². The van der Waals surface area contributed by atoms with Crippen molar-refractivity contribution in [3.05, 3.63) is 36.5 Å². The fourth-order valence-electron chi connectivity index (χ4n) is 7.86. The van der Waals surface area contributed by atoms with Crippen molar-refractivity contribution in [1.82, 2.24) is 5.32 Å². The summed E-state index contributed by atoms with van der Waals surface area (Å²) in [4.78, 5) is 24.4. The molecule has 0 aromatic carbocycles. The van der Waals surface area contributed by atoms with Gasteiger partial charge in [0.05, 0.1) is 25.4 Å². The number of ether oxygens (including phenoxy) is 1. The SMILES string of the molecule is CCCCCCCCCCCCCCCC/C=C/C(O)C(CO)NC(=O)CCCCCCCC/C=C\C=C/CCCCCOC(=O)CCCCCCCCCCCCCC. The maximum Gasteiger partial charge on any atom is 0.305 e. The predicted octanol–water partition coefficient (Wildman–Crippen LogP) is 15.7. The molecule has 0 spiro atoms. The molecule has 3 N–H and O–H groups in total. The van der Waals surface area contributed by atoms with Crippen LogP contribution >= 0.6 is 0 Å². The number of aliphatic hydroxyl groups excluding tert-OH is 2. The molecule has 0 saturated heterocycles. The maximum atomic E-state index is 12.4. The summed E-state index contributed by atoms with van der Waals surface area (Å²) in [6.07, 6.45) is 60.0. The number of amides is 1. The van der Waals surface area contributed by atoms with E-state index in [2.05, 4.69) is 43.5 Å². The Morgan fingerprint density at radius 1 is 0.467 bits per heavy atom. The van der Waals surface area contributed by atoms with Crippen molar-refractivity contribution in [2.24, 2.45) is 0 Å². The minimum absolute atomic E-state index is 0.0226. The molecular weight excluding hydrogens is 743 g/mol. The summed E-state index contributed by atoms with van der Waals surface area (Å²) in [5, 5.41) is 23.1. The van der Waals surface area contributed by atoms with Gasteiger partial charge in [0.2, 0.25) is 5.91 Å². The maximum absolute atomic E-state index is 12.4. The topological polar surface area (TPSA) is 95.9 Å². The van der Waals surface area contributed by atoms with Crippen molar-refractivity contribution in [2.75, 3.05) is 13.2 Å². The van der Waals surface area contributed by atoms with Crippen molar-refractivity contribution in [2.45, 2.75) is 283 Å². The lowest BCUT2D eigenvalue weighted by molar-refractivity contribution is -0.143. The Labute approximate surface area is 373 Å². The fraction of sp³-hybridized carbons (Fsp3) is 0.852. The third-order valence-electron chi connectivity index (χ3n) is 11.9. The number of unbranched alkanes of at least 4 members (excludes halogenated alkanes) is 34. The molecule has 352 valence electrons. The van der Waals surface area contributed by atoms with Gasteiger partial charge in [-0.1, -0.05) is 230 Å². The number of nitrogens with one attached hydrogen (secondary N) is 1.